The van der Waals surface area contributed by atoms with Crippen molar-refractivity contribution in [2.75, 3.05) is 27.2 Å². The molecule has 0 heterocycles. The summed E-state index contributed by atoms with van der Waals surface area (Å²) in [6.45, 7) is 1.55. The van der Waals surface area contributed by atoms with Crippen LogP contribution in [0.1, 0.15) is 6.42 Å². The lowest BCUT2D eigenvalue weighted by Crippen LogP contribution is -2.35. The molecule has 1 aromatic carbocycles. The summed E-state index contributed by atoms with van der Waals surface area (Å²) in [5.74, 6) is 1.72. The fraction of sp³-hybridized carbons (Fsp3) is 0.417. The summed E-state index contributed by atoms with van der Waals surface area (Å²) in [6.07, 6.45) is 0.940. The highest BCUT2D eigenvalue weighted by molar-refractivity contribution is 14.0. The minimum Gasteiger partial charge on any atom is -0.494 e. The smallest absolute Gasteiger partial charge is 0.190 e. The van der Waals surface area contributed by atoms with Crippen molar-refractivity contribution in [3.8, 4) is 5.75 Å². The minimum absolute atomic E-state index is 0. The van der Waals surface area contributed by atoms with Gasteiger partial charge in [0, 0.05) is 20.6 Å². The molecule has 0 aliphatic rings. The third-order valence-corrected chi connectivity index (χ3v) is 2.09. The standard InChI is InChI=1S/C12H19N3O.HI/c1-13-12(14-2)15-9-6-10-16-11-7-4-3-5-8-11;/h3-5,7-8H,6,9-10H2,1-2H3,(H2,13,14,15);1H. The summed E-state index contributed by atoms with van der Waals surface area (Å²) in [4.78, 5) is 4.02. The zero-order chi connectivity index (χ0) is 11.6. The van der Waals surface area contributed by atoms with Gasteiger partial charge in [0.2, 0.25) is 0 Å². The molecule has 17 heavy (non-hydrogen) atoms. The number of hydrogen-bond acceptors (Lipinski definition) is 2. The van der Waals surface area contributed by atoms with Crippen molar-refractivity contribution in [3.05, 3.63) is 30.3 Å². The molecule has 0 aliphatic heterocycles. The van der Waals surface area contributed by atoms with Gasteiger partial charge in [0.25, 0.3) is 0 Å². The first-order chi connectivity index (χ1) is 7.86. The topological polar surface area (TPSA) is 45.7 Å². The first-order valence-corrected chi connectivity index (χ1v) is 5.43. The van der Waals surface area contributed by atoms with Crippen LogP contribution in [0.3, 0.4) is 0 Å². The molecule has 5 heteroatoms. The number of aliphatic imine (C=N–C) groups is 1. The van der Waals surface area contributed by atoms with Gasteiger partial charge in [-0.05, 0) is 18.6 Å². The van der Waals surface area contributed by atoms with Crippen molar-refractivity contribution in [2.24, 2.45) is 4.99 Å². The number of hydrogen-bond donors (Lipinski definition) is 2. The van der Waals surface area contributed by atoms with Gasteiger partial charge in [0.15, 0.2) is 5.96 Å². The minimum atomic E-state index is 0. The van der Waals surface area contributed by atoms with Crippen molar-refractivity contribution in [3.63, 3.8) is 0 Å². The van der Waals surface area contributed by atoms with Crippen LogP contribution < -0.4 is 15.4 Å². The Morgan fingerprint density at radius 2 is 2.00 bits per heavy atom. The van der Waals surface area contributed by atoms with Gasteiger partial charge < -0.3 is 15.4 Å². The Morgan fingerprint density at radius 1 is 1.29 bits per heavy atom. The van der Waals surface area contributed by atoms with E-state index in [9.17, 15) is 0 Å². The van der Waals surface area contributed by atoms with E-state index in [1.54, 1.807) is 7.05 Å². The van der Waals surface area contributed by atoms with Crippen LogP contribution in [0, 0.1) is 0 Å². The summed E-state index contributed by atoms with van der Waals surface area (Å²) >= 11 is 0. The van der Waals surface area contributed by atoms with Crippen LogP contribution >= 0.6 is 24.0 Å². The monoisotopic (exact) mass is 349 g/mol. The Kier molecular flexibility index (Phi) is 9.60. The maximum Gasteiger partial charge on any atom is 0.190 e. The molecule has 0 aliphatic carbocycles. The van der Waals surface area contributed by atoms with Gasteiger partial charge >= 0.3 is 0 Å². The highest BCUT2D eigenvalue weighted by atomic mass is 127. The number of nitrogens with zero attached hydrogens (tertiary/aromatic N) is 1. The number of guanidine groups is 1. The van der Waals surface area contributed by atoms with Crippen LogP contribution in [0.5, 0.6) is 5.75 Å². The Bertz CT molecular complexity index is 317. The molecule has 0 fully saturated rings. The normalized spacial score (nSPS) is 10.4. The predicted molar refractivity (Wildman–Crippen MR) is 82.4 cm³/mol. The van der Waals surface area contributed by atoms with Crippen molar-refractivity contribution in [1.29, 1.82) is 0 Å². The lowest BCUT2D eigenvalue weighted by atomic mass is 10.3. The Morgan fingerprint density at radius 3 is 2.59 bits per heavy atom. The van der Waals surface area contributed by atoms with Gasteiger partial charge in [-0.2, -0.15) is 0 Å². The SMILES string of the molecule is CN=C(NC)NCCCOc1ccccc1.I. The van der Waals surface area contributed by atoms with Crippen LogP contribution in [0.2, 0.25) is 0 Å². The van der Waals surface area contributed by atoms with Gasteiger partial charge in [-0.25, -0.2) is 0 Å². The average Bonchev–Trinajstić information content (AvgIpc) is 2.35. The van der Waals surface area contributed by atoms with Crippen LogP contribution in [0.15, 0.2) is 35.3 Å². The Labute approximate surface area is 120 Å². The van der Waals surface area contributed by atoms with Gasteiger partial charge in [0.1, 0.15) is 5.75 Å². The summed E-state index contributed by atoms with van der Waals surface area (Å²) in [7, 11) is 3.59. The maximum absolute atomic E-state index is 5.55. The molecule has 0 radical (unpaired) electrons. The largest absolute Gasteiger partial charge is 0.494 e. The van der Waals surface area contributed by atoms with Gasteiger partial charge in [-0.15, -0.1) is 24.0 Å². The second kappa shape index (κ2) is 10.2. The van der Waals surface area contributed by atoms with E-state index in [0.717, 1.165) is 24.7 Å². The van der Waals surface area contributed by atoms with E-state index in [1.807, 2.05) is 37.4 Å². The van der Waals surface area contributed by atoms with E-state index in [1.165, 1.54) is 0 Å². The van der Waals surface area contributed by atoms with E-state index in [4.69, 9.17) is 4.74 Å². The second-order valence-electron chi connectivity index (χ2n) is 3.26. The maximum atomic E-state index is 5.55. The molecular formula is C12H20IN3O. The molecular weight excluding hydrogens is 329 g/mol. The van der Waals surface area contributed by atoms with E-state index in [0.29, 0.717) is 6.61 Å². The molecule has 1 rings (SSSR count). The predicted octanol–water partition coefficient (Wildman–Crippen LogP) is 1.87. The van der Waals surface area contributed by atoms with E-state index in [-0.39, 0.29) is 24.0 Å². The molecule has 0 saturated carbocycles. The number of benzene rings is 1. The molecule has 0 amide bonds. The fourth-order valence-corrected chi connectivity index (χ4v) is 1.26. The molecule has 0 bridgehead atoms. The molecule has 1 aromatic rings. The van der Waals surface area contributed by atoms with Crippen LogP contribution in [-0.4, -0.2) is 33.2 Å². The Hall–Kier alpha value is -0.980. The molecule has 0 spiro atoms. The summed E-state index contributed by atoms with van der Waals surface area (Å²) in [6, 6.07) is 9.83. The van der Waals surface area contributed by atoms with Crippen molar-refractivity contribution >= 4 is 29.9 Å². The van der Waals surface area contributed by atoms with Crippen LogP contribution in [0.25, 0.3) is 0 Å². The molecule has 96 valence electrons. The number of ether oxygens (including phenoxy) is 1. The molecule has 0 saturated heterocycles. The van der Waals surface area contributed by atoms with Gasteiger partial charge in [-0.3, -0.25) is 4.99 Å². The summed E-state index contributed by atoms with van der Waals surface area (Å²) in [5.41, 5.74) is 0. The zero-order valence-corrected chi connectivity index (χ0v) is 12.6. The average molecular weight is 349 g/mol. The molecule has 2 N–H and O–H groups in total. The van der Waals surface area contributed by atoms with E-state index in [2.05, 4.69) is 15.6 Å². The van der Waals surface area contributed by atoms with Gasteiger partial charge in [0.05, 0.1) is 6.61 Å². The highest BCUT2D eigenvalue weighted by Gasteiger charge is 1.94. The number of nitrogens with one attached hydrogen (secondary N) is 2. The van der Waals surface area contributed by atoms with Crippen LogP contribution in [-0.2, 0) is 0 Å². The Balaban J connectivity index is 0.00000256. The first-order valence-electron chi connectivity index (χ1n) is 5.43. The quantitative estimate of drug-likeness (QED) is 0.369. The molecule has 0 atom stereocenters. The highest BCUT2D eigenvalue weighted by Crippen LogP contribution is 2.07. The van der Waals surface area contributed by atoms with Crippen LogP contribution in [0.4, 0.5) is 0 Å². The number of rotatable bonds is 5. The molecule has 4 nitrogen and oxygen atoms in total. The second-order valence-corrected chi connectivity index (χ2v) is 3.26. The lowest BCUT2D eigenvalue weighted by Gasteiger charge is -2.09. The van der Waals surface area contributed by atoms with Gasteiger partial charge in [-0.1, -0.05) is 18.2 Å². The van der Waals surface area contributed by atoms with Crippen molar-refractivity contribution in [1.82, 2.24) is 10.6 Å². The third-order valence-electron chi connectivity index (χ3n) is 2.09. The number of para-hydroxylation sites is 1. The number of halogens is 1. The third kappa shape index (κ3) is 7.04. The lowest BCUT2D eigenvalue weighted by molar-refractivity contribution is 0.311. The van der Waals surface area contributed by atoms with E-state index < -0.39 is 0 Å². The van der Waals surface area contributed by atoms with E-state index >= 15 is 0 Å². The fourth-order valence-electron chi connectivity index (χ4n) is 1.26. The first kappa shape index (κ1) is 16.0. The summed E-state index contributed by atoms with van der Waals surface area (Å²) in [5, 5.41) is 6.12. The zero-order valence-electron chi connectivity index (χ0n) is 10.3. The summed E-state index contributed by atoms with van der Waals surface area (Å²) < 4.78 is 5.55. The van der Waals surface area contributed by atoms with Crippen molar-refractivity contribution in [2.45, 2.75) is 6.42 Å². The molecule has 0 unspecified atom stereocenters. The van der Waals surface area contributed by atoms with Crippen molar-refractivity contribution < 1.29 is 4.74 Å². The molecule has 0 aromatic heterocycles.